The summed E-state index contributed by atoms with van der Waals surface area (Å²) in [6.45, 7) is 0. The molecule has 0 bridgehead atoms. The number of nitrogens with zero attached hydrogens (tertiary/aromatic N) is 1. The summed E-state index contributed by atoms with van der Waals surface area (Å²) < 4.78 is 25.5. The van der Waals surface area contributed by atoms with Gasteiger partial charge >= 0.3 is 11.6 Å². The lowest BCUT2D eigenvalue weighted by molar-refractivity contribution is -0.415. The molecular formula is C9H5F2N3O3. The maximum absolute atomic E-state index is 12.7. The number of hydrogen-bond donors (Lipinski definition) is 2. The molecule has 8 heteroatoms. The number of nitrogens with one attached hydrogen (secondary N) is 2. The molecule has 0 atom stereocenters. The van der Waals surface area contributed by atoms with Crippen LogP contribution in [0.3, 0.4) is 0 Å². The molecule has 0 saturated carbocycles. The van der Waals surface area contributed by atoms with Gasteiger partial charge in [0.25, 0.3) is 0 Å². The van der Waals surface area contributed by atoms with Crippen molar-refractivity contribution < 1.29 is 18.5 Å². The number of carbonyl (C=O) groups excluding carboxylic acids is 1. The minimum Gasteiger partial charge on any atom is -0.316 e. The average Bonchev–Trinajstić information content (AvgIpc) is 2.15. The van der Waals surface area contributed by atoms with E-state index in [2.05, 4.69) is 0 Å². The van der Waals surface area contributed by atoms with E-state index in [1.165, 1.54) is 5.87 Å². The zero-order chi connectivity index (χ0) is 13.0. The van der Waals surface area contributed by atoms with Gasteiger partial charge in [-0.25, -0.2) is 8.78 Å². The minimum atomic E-state index is -1.28. The van der Waals surface area contributed by atoms with Crippen molar-refractivity contribution in [3.63, 3.8) is 0 Å². The lowest BCUT2D eigenvalue weighted by Crippen LogP contribution is -2.20. The molecule has 2 N–H and O–H groups in total. The summed E-state index contributed by atoms with van der Waals surface area (Å²) in [5.74, 6) is -1.85. The number of rotatable bonds is 3. The van der Waals surface area contributed by atoms with E-state index in [4.69, 9.17) is 5.41 Å². The van der Waals surface area contributed by atoms with Crippen LogP contribution in [0.5, 0.6) is 0 Å². The van der Waals surface area contributed by atoms with Gasteiger partial charge in [-0.3, -0.25) is 20.3 Å². The third kappa shape index (κ3) is 3.18. The Balaban J connectivity index is 2.95. The standard InChI is InChI=1S/C9H5F2N3O3/c10-5-1-6(11)3-7(2-5)13-9(15)8(4-12)14(16)17/h1-3,12H,(H,13,15). The van der Waals surface area contributed by atoms with Crippen LogP contribution in [0.2, 0.25) is 0 Å². The van der Waals surface area contributed by atoms with Gasteiger partial charge in [0, 0.05) is 11.8 Å². The molecule has 88 valence electrons. The molecule has 17 heavy (non-hydrogen) atoms. The molecule has 1 amide bonds. The molecule has 0 spiro atoms. The summed E-state index contributed by atoms with van der Waals surface area (Å²) in [4.78, 5) is 20.3. The summed E-state index contributed by atoms with van der Waals surface area (Å²) in [5, 5.41) is 18.7. The molecule has 1 aromatic carbocycles. The summed E-state index contributed by atoms with van der Waals surface area (Å²) in [5.41, 5.74) is -1.45. The van der Waals surface area contributed by atoms with Crippen LogP contribution in [0, 0.1) is 27.2 Å². The van der Waals surface area contributed by atoms with Crippen molar-refractivity contribution in [2.75, 3.05) is 5.32 Å². The molecule has 0 aliphatic heterocycles. The van der Waals surface area contributed by atoms with Gasteiger partial charge in [-0.2, -0.15) is 0 Å². The average molecular weight is 241 g/mol. The second-order valence-electron chi connectivity index (χ2n) is 2.84. The van der Waals surface area contributed by atoms with Crippen molar-refractivity contribution in [3.05, 3.63) is 45.6 Å². The Morgan fingerprint density at radius 1 is 1.35 bits per heavy atom. The van der Waals surface area contributed by atoms with Crippen molar-refractivity contribution >= 4 is 17.5 Å². The topological polar surface area (TPSA) is 96.1 Å². The largest absolute Gasteiger partial charge is 0.394 e. The van der Waals surface area contributed by atoms with Crippen molar-refractivity contribution in [2.45, 2.75) is 0 Å². The molecule has 0 aliphatic rings. The highest BCUT2D eigenvalue weighted by molar-refractivity contribution is 6.06. The van der Waals surface area contributed by atoms with E-state index in [-0.39, 0.29) is 5.69 Å². The molecule has 1 rings (SSSR count). The normalized spacial score (nSPS) is 9.29. The molecular weight excluding hydrogens is 236 g/mol. The fourth-order valence-electron chi connectivity index (χ4n) is 1.00. The first-order valence-electron chi connectivity index (χ1n) is 4.15. The number of carbonyl (C=O) groups is 1. The van der Waals surface area contributed by atoms with Gasteiger partial charge in [0.2, 0.25) is 0 Å². The molecule has 0 unspecified atom stereocenters. The predicted octanol–water partition coefficient (Wildman–Crippen LogP) is 1.31. The Kier molecular flexibility index (Phi) is 3.63. The third-order valence-electron chi connectivity index (χ3n) is 1.64. The lowest BCUT2D eigenvalue weighted by Gasteiger charge is -2.02. The van der Waals surface area contributed by atoms with Crippen LogP contribution < -0.4 is 5.32 Å². The van der Waals surface area contributed by atoms with Crippen LogP contribution in [0.4, 0.5) is 14.5 Å². The van der Waals surface area contributed by atoms with Crippen LogP contribution in [0.25, 0.3) is 0 Å². The Labute approximate surface area is 93.2 Å². The summed E-state index contributed by atoms with van der Waals surface area (Å²) >= 11 is 0. The Morgan fingerprint density at radius 2 is 1.88 bits per heavy atom. The molecule has 0 heterocycles. The fraction of sp³-hybridized carbons (Fsp3) is 0. The fourth-order valence-corrected chi connectivity index (χ4v) is 1.00. The Morgan fingerprint density at radius 3 is 2.29 bits per heavy atom. The number of amides is 1. The van der Waals surface area contributed by atoms with Crippen LogP contribution in [-0.4, -0.2) is 16.7 Å². The highest BCUT2D eigenvalue weighted by Crippen LogP contribution is 2.13. The zero-order valence-electron chi connectivity index (χ0n) is 8.16. The van der Waals surface area contributed by atoms with E-state index < -0.39 is 28.2 Å². The highest BCUT2D eigenvalue weighted by Gasteiger charge is 2.22. The van der Waals surface area contributed by atoms with Crippen molar-refractivity contribution in [3.8, 4) is 0 Å². The second-order valence-corrected chi connectivity index (χ2v) is 2.84. The second kappa shape index (κ2) is 4.95. The van der Waals surface area contributed by atoms with E-state index in [0.29, 0.717) is 6.07 Å². The van der Waals surface area contributed by atoms with E-state index in [9.17, 15) is 23.7 Å². The Bertz CT molecular complexity index is 518. The van der Waals surface area contributed by atoms with Gasteiger partial charge in [-0.1, -0.05) is 0 Å². The van der Waals surface area contributed by atoms with Crippen molar-refractivity contribution in [1.82, 2.24) is 0 Å². The zero-order valence-corrected chi connectivity index (χ0v) is 8.16. The maximum Gasteiger partial charge on any atom is 0.394 e. The first-order valence-corrected chi connectivity index (χ1v) is 4.15. The first kappa shape index (κ1) is 12.5. The van der Waals surface area contributed by atoms with Gasteiger partial charge in [-0.15, -0.1) is 0 Å². The number of halogens is 2. The third-order valence-corrected chi connectivity index (χ3v) is 1.64. The van der Waals surface area contributed by atoms with Crippen LogP contribution in [0.1, 0.15) is 0 Å². The van der Waals surface area contributed by atoms with Crippen LogP contribution in [-0.2, 0) is 4.79 Å². The number of benzene rings is 1. The molecule has 6 nitrogen and oxygen atoms in total. The van der Waals surface area contributed by atoms with E-state index in [0.717, 1.165) is 12.1 Å². The van der Waals surface area contributed by atoms with Crippen LogP contribution in [0.15, 0.2) is 23.9 Å². The van der Waals surface area contributed by atoms with Gasteiger partial charge in [0.15, 0.2) is 0 Å². The summed E-state index contributed by atoms with van der Waals surface area (Å²) in [7, 11) is 0. The molecule has 0 aromatic heterocycles. The molecule has 0 saturated heterocycles. The molecule has 1 aromatic rings. The number of hydrogen-bond acceptors (Lipinski definition) is 4. The molecule has 0 aliphatic carbocycles. The molecule has 0 radical (unpaired) electrons. The highest BCUT2D eigenvalue weighted by atomic mass is 19.1. The minimum absolute atomic E-state index is 0.290. The monoisotopic (exact) mass is 241 g/mol. The van der Waals surface area contributed by atoms with Crippen LogP contribution >= 0.6 is 0 Å². The van der Waals surface area contributed by atoms with Crippen molar-refractivity contribution in [2.24, 2.45) is 0 Å². The van der Waals surface area contributed by atoms with Gasteiger partial charge in [-0.05, 0) is 12.1 Å². The number of anilines is 1. The van der Waals surface area contributed by atoms with E-state index in [1.807, 2.05) is 5.32 Å². The SMILES string of the molecule is N=C=C(C(=O)Nc1cc(F)cc(F)c1)[N+](=O)[O-]. The van der Waals surface area contributed by atoms with Gasteiger partial charge in [0.1, 0.15) is 11.6 Å². The molecule has 0 fully saturated rings. The lowest BCUT2D eigenvalue weighted by atomic mass is 10.3. The van der Waals surface area contributed by atoms with Crippen molar-refractivity contribution in [1.29, 1.82) is 5.41 Å². The predicted molar refractivity (Wildman–Crippen MR) is 53.2 cm³/mol. The van der Waals surface area contributed by atoms with E-state index in [1.54, 1.807) is 0 Å². The maximum atomic E-state index is 12.7. The van der Waals surface area contributed by atoms with Gasteiger partial charge < -0.3 is 5.32 Å². The quantitative estimate of drug-likeness (QED) is 0.361. The summed E-state index contributed by atoms with van der Waals surface area (Å²) in [6, 6.07) is 2.14. The van der Waals surface area contributed by atoms with E-state index >= 15 is 0 Å². The van der Waals surface area contributed by atoms with Gasteiger partial charge in [0.05, 0.1) is 10.8 Å². The summed E-state index contributed by atoms with van der Waals surface area (Å²) in [6.07, 6.45) is 0. The first-order chi connectivity index (χ1) is 7.93. The number of nitro groups is 1. The Hall–Kier alpha value is -2.60. The smallest absolute Gasteiger partial charge is 0.316 e.